The summed E-state index contributed by atoms with van der Waals surface area (Å²) in [6, 6.07) is 8.65. The third kappa shape index (κ3) is 1.61. The highest BCUT2D eigenvalue weighted by Gasteiger charge is 2.06. The third-order valence-electron chi connectivity index (χ3n) is 2.14. The van der Waals surface area contributed by atoms with Crippen molar-refractivity contribution >= 4 is 16.8 Å². The standard InChI is InChI=1S/C11H10N2O2/c1-15-11(12)8-6-5-7-3-2-4-9(14)10(7)13-8/h2-6,12,14H,1H3. The van der Waals surface area contributed by atoms with Gasteiger partial charge in [0.2, 0.25) is 5.90 Å². The molecule has 2 N–H and O–H groups in total. The molecule has 1 aromatic carbocycles. The summed E-state index contributed by atoms with van der Waals surface area (Å²) in [5.74, 6) is 0.0957. The molecule has 4 nitrogen and oxygen atoms in total. The van der Waals surface area contributed by atoms with Crippen LogP contribution < -0.4 is 0 Å². The lowest BCUT2D eigenvalue weighted by molar-refractivity contribution is 0.399. The molecular weight excluding hydrogens is 192 g/mol. The molecule has 1 heterocycles. The second kappa shape index (κ2) is 3.57. The minimum atomic E-state index is -0.0137. The summed E-state index contributed by atoms with van der Waals surface area (Å²) in [7, 11) is 1.42. The molecule has 76 valence electrons. The maximum Gasteiger partial charge on any atom is 0.232 e. The van der Waals surface area contributed by atoms with Gasteiger partial charge in [0.25, 0.3) is 0 Å². The van der Waals surface area contributed by atoms with Crippen molar-refractivity contribution in [2.24, 2.45) is 0 Å². The number of aromatic hydroxyl groups is 1. The van der Waals surface area contributed by atoms with Crippen LogP contribution >= 0.6 is 0 Å². The molecule has 0 bridgehead atoms. The normalized spacial score (nSPS) is 10.2. The highest BCUT2D eigenvalue weighted by molar-refractivity contribution is 5.93. The van der Waals surface area contributed by atoms with Crippen molar-refractivity contribution in [3.8, 4) is 5.75 Å². The first-order valence-corrected chi connectivity index (χ1v) is 4.44. The number of phenols is 1. The van der Waals surface area contributed by atoms with Crippen LogP contribution in [0.1, 0.15) is 5.69 Å². The average Bonchev–Trinajstić information content (AvgIpc) is 2.28. The van der Waals surface area contributed by atoms with Crippen LogP contribution in [0.5, 0.6) is 5.75 Å². The Morgan fingerprint density at radius 2 is 2.13 bits per heavy atom. The first-order valence-electron chi connectivity index (χ1n) is 4.44. The summed E-state index contributed by atoms with van der Waals surface area (Å²) >= 11 is 0. The quantitative estimate of drug-likeness (QED) is 0.548. The maximum absolute atomic E-state index is 9.58. The number of hydrogen-bond acceptors (Lipinski definition) is 4. The second-order valence-electron chi connectivity index (χ2n) is 3.08. The Hall–Kier alpha value is -2.10. The second-order valence-corrected chi connectivity index (χ2v) is 3.08. The van der Waals surface area contributed by atoms with Crippen LogP contribution in [0.3, 0.4) is 0 Å². The molecule has 2 rings (SSSR count). The molecule has 0 atom stereocenters. The van der Waals surface area contributed by atoms with E-state index in [9.17, 15) is 5.11 Å². The number of benzene rings is 1. The van der Waals surface area contributed by atoms with Crippen molar-refractivity contribution in [3.05, 3.63) is 36.0 Å². The van der Waals surface area contributed by atoms with Gasteiger partial charge in [0.05, 0.1) is 7.11 Å². The van der Waals surface area contributed by atoms with Crippen molar-refractivity contribution in [3.63, 3.8) is 0 Å². The highest BCUT2D eigenvalue weighted by Crippen LogP contribution is 2.22. The van der Waals surface area contributed by atoms with Crippen LogP contribution in [-0.4, -0.2) is 23.1 Å². The molecular formula is C11H10N2O2. The average molecular weight is 202 g/mol. The van der Waals surface area contributed by atoms with Gasteiger partial charge in [-0.1, -0.05) is 18.2 Å². The van der Waals surface area contributed by atoms with Crippen molar-refractivity contribution in [2.75, 3.05) is 7.11 Å². The van der Waals surface area contributed by atoms with E-state index >= 15 is 0 Å². The summed E-state index contributed by atoms with van der Waals surface area (Å²) < 4.78 is 4.76. The molecule has 4 heteroatoms. The fourth-order valence-corrected chi connectivity index (χ4v) is 1.36. The smallest absolute Gasteiger partial charge is 0.232 e. The third-order valence-corrected chi connectivity index (χ3v) is 2.14. The number of aromatic nitrogens is 1. The Kier molecular flexibility index (Phi) is 2.25. The zero-order valence-corrected chi connectivity index (χ0v) is 8.19. The monoisotopic (exact) mass is 202 g/mol. The van der Waals surface area contributed by atoms with Gasteiger partial charge in [-0.25, -0.2) is 4.98 Å². The van der Waals surface area contributed by atoms with E-state index in [0.717, 1.165) is 5.39 Å². The van der Waals surface area contributed by atoms with Gasteiger partial charge < -0.3 is 9.84 Å². The van der Waals surface area contributed by atoms with Crippen LogP contribution in [0.4, 0.5) is 0 Å². The van der Waals surface area contributed by atoms with E-state index in [2.05, 4.69) is 4.98 Å². The van der Waals surface area contributed by atoms with E-state index in [4.69, 9.17) is 10.1 Å². The number of pyridine rings is 1. The summed E-state index contributed by atoms with van der Waals surface area (Å²) in [6.07, 6.45) is 0. The molecule has 0 amide bonds. The lowest BCUT2D eigenvalue weighted by Gasteiger charge is -2.04. The fraction of sp³-hybridized carbons (Fsp3) is 0.0909. The minimum Gasteiger partial charge on any atom is -0.506 e. The predicted molar refractivity (Wildman–Crippen MR) is 57.2 cm³/mol. The zero-order chi connectivity index (χ0) is 10.8. The van der Waals surface area contributed by atoms with Crippen LogP contribution in [0.2, 0.25) is 0 Å². The van der Waals surface area contributed by atoms with Crippen molar-refractivity contribution in [1.82, 2.24) is 4.98 Å². The van der Waals surface area contributed by atoms with E-state index < -0.39 is 0 Å². The van der Waals surface area contributed by atoms with Crippen LogP contribution in [-0.2, 0) is 4.74 Å². The lowest BCUT2D eigenvalue weighted by Crippen LogP contribution is -2.03. The highest BCUT2D eigenvalue weighted by atomic mass is 16.5. The van der Waals surface area contributed by atoms with Gasteiger partial charge in [-0.3, -0.25) is 5.41 Å². The number of ether oxygens (including phenoxy) is 1. The number of nitrogens with one attached hydrogen (secondary N) is 1. The Morgan fingerprint density at radius 3 is 2.87 bits per heavy atom. The Balaban J connectivity index is 2.64. The minimum absolute atomic E-state index is 0.0137. The number of nitrogens with zero attached hydrogens (tertiary/aromatic N) is 1. The van der Waals surface area contributed by atoms with E-state index in [0.29, 0.717) is 11.2 Å². The largest absolute Gasteiger partial charge is 0.506 e. The molecule has 0 aliphatic heterocycles. The van der Waals surface area contributed by atoms with Gasteiger partial charge in [-0.05, 0) is 12.1 Å². The number of methoxy groups -OCH3 is 1. The van der Waals surface area contributed by atoms with Crippen LogP contribution in [0, 0.1) is 5.41 Å². The van der Waals surface area contributed by atoms with E-state index in [1.807, 2.05) is 6.07 Å². The van der Waals surface area contributed by atoms with Crippen molar-refractivity contribution in [2.45, 2.75) is 0 Å². The van der Waals surface area contributed by atoms with Gasteiger partial charge in [0.15, 0.2) is 0 Å². The molecule has 0 saturated carbocycles. The van der Waals surface area contributed by atoms with E-state index in [1.54, 1.807) is 24.3 Å². The summed E-state index contributed by atoms with van der Waals surface area (Å²) in [6.45, 7) is 0. The number of rotatable bonds is 1. The molecule has 15 heavy (non-hydrogen) atoms. The molecule has 0 aliphatic carbocycles. The number of phenolic OH excluding ortho intramolecular Hbond substituents is 1. The fourth-order valence-electron chi connectivity index (χ4n) is 1.36. The van der Waals surface area contributed by atoms with Crippen molar-refractivity contribution in [1.29, 1.82) is 5.41 Å². The predicted octanol–water partition coefficient (Wildman–Crippen LogP) is 1.91. The molecule has 0 aliphatic rings. The number of hydrogen-bond donors (Lipinski definition) is 2. The molecule has 0 radical (unpaired) electrons. The lowest BCUT2D eigenvalue weighted by atomic mass is 10.2. The van der Waals surface area contributed by atoms with Crippen LogP contribution in [0.25, 0.3) is 10.9 Å². The van der Waals surface area contributed by atoms with Crippen LogP contribution in [0.15, 0.2) is 30.3 Å². The molecule has 0 spiro atoms. The number of fused-ring (bicyclic) bond motifs is 1. The topological polar surface area (TPSA) is 66.2 Å². The van der Waals surface area contributed by atoms with Gasteiger partial charge in [-0.2, -0.15) is 0 Å². The summed E-state index contributed by atoms with van der Waals surface area (Å²) in [5.41, 5.74) is 0.892. The first-order chi connectivity index (χ1) is 7.22. The molecule has 1 aromatic heterocycles. The van der Waals surface area contributed by atoms with Crippen molar-refractivity contribution < 1.29 is 9.84 Å². The van der Waals surface area contributed by atoms with Gasteiger partial charge in [-0.15, -0.1) is 0 Å². The Bertz CT molecular complexity index is 523. The molecule has 2 aromatic rings. The molecule has 0 unspecified atom stereocenters. The maximum atomic E-state index is 9.58. The SMILES string of the molecule is COC(=N)c1ccc2cccc(O)c2n1. The first kappa shape index (κ1) is 9.45. The summed E-state index contributed by atoms with van der Waals surface area (Å²) in [4.78, 5) is 4.15. The Labute approximate surface area is 86.7 Å². The van der Waals surface area contributed by atoms with E-state index in [1.165, 1.54) is 7.11 Å². The zero-order valence-electron chi connectivity index (χ0n) is 8.19. The molecule has 0 saturated heterocycles. The van der Waals surface area contributed by atoms with Gasteiger partial charge in [0, 0.05) is 5.39 Å². The Morgan fingerprint density at radius 1 is 1.33 bits per heavy atom. The number of para-hydroxylation sites is 1. The van der Waals surface area contributed by atoms with Gasteiger partial charge >= 0.3 is 0 Å². The molecule has 0 fully saturated rings. The van der Waals surface area contributed by atoms with E-state index in [-0.39, 0.29) is 11.6 Å². The van der Waals surface area contributed by atoms with Gasteiger partial charge in [0.1, 0.15) is 17.0 Å². The summed E-state index contributed by atoms with van der Waals surface area (Å²) in [5, 5.41) is 17.9.